The first-order valence-corrected chi connectivity index (χ1v) is 8.37. The molecule has 0 amide bonds. The summed E-state index contributed by atoms with van der Waals surface area (Å²) in [6, 6.07) is 11.7. The Balaban J connectivity index is 1.86. The minimum Gasteiger partial charge on any atom is -0.369 e. The summed E-state index contributed by atoms with van der Waals surface area (Å²) < 4.78 is 24.0. The van der Waals surface area contributed by atoms with Gasteiger partial charge in [-0.05, 0) is 11.6 Å². The smallest absolute Gasteiger partial charge is 0.287 e. The predicted octanol–water partition coefficient (Wildman–Crippen LogP) is 2.02. The normalized spacial score (nSPS) is 11.1. The van der Waals surface area contributed by atoms with Crippen molar-refractivity contribution in [2.75, 3.05) is 17.6 Å². The molecule has 7 nitrogen and oxygen atoms in total. The third-order valence-corrected chi connectivity index (χ3v) is 4.51. The van der Waals surface area contributed by atoms with Gasteiger partial charge in [0.1, 0.15) is 12.0 Å². The molecule has 0 unspecified atom stereocenters. The van der Waals surface area contributed by atoms with Crippen LogP contribution in [0.2, 0.25) is 0 Å². The van der Waals surface area contributed by atoms with Crippen LogP contribution in [0.25, 0.3) is 0 Å². The van der Waals surface area contributed by atoms with E-state index in [1.807, 2.05) is 6.07 Å². The lowest BCUT2D eigenvalue weighted by Crippen LogP contribution is -2.17. The minimum atomic E-state index is -3.22. The summed E-state index contributed by atoms with van der Waals surface area (Å²) >= 11 is 0. The molecule has 0 saturated carbocycles. The molecule has 0 atom stereocenters. The van der Waals surface area contributed by atoms with Crippen molar-refractivity contribution in [2.24, 2.45) is 0 Å². The number of pyridine rings is 1. The molecular weight excluding hydrogens is 306 g/mol. The molecule has 0 bridgehead atoms. The van der Waals surface area contributed by atoms with Gasteiger partial charge >= 0.3 is 0 Å². The van der Waals surface area contributed by atoms with Crippen molar-refractivity contribution in [1.29, 1.82) is 0 Å². The molecule has 0 fully saturated rings. The SMILES string of the molecule is O=[N+]([O-])c1ccc(NCCS(=O)(=O)Cc2ccccc2)nc1. The van der Waals surface area contributed by atoms with E-state index in [1.165, 1.54) is 12.1 Å². The number of hydrogen-bond acceptors (Lipinski definition) is 6. The highest BCUT2D eigenvalue weighted by Gasteiger charge is 2.12. The second kappa shape index (κ2) is 6.99. The Morgan fingerprint density at radius 2 is 1.86 bits per heavy atom. The summed E-state index contributed by atoms with van der Waals surface area (Å²) in [5.74, 6) is 0.351. The van der Waals surface area contributed by atoms with Gasteiger partial charge in [-0.2, -0.15) is 0 Å². The molecule has 1 aromatic heterocycles. The van der Waals surface area contributed by atoms with Crippen LogP contribution in [0.3, 0.4) is 0 Å². The summed E-state index contributed by atoms with van der Waals surface area (Å²) in [5, 5.41) is 13.3. The van der Waals surface area contributed by atoms with E-state index >= 15 is 0 Å². The van der Waals surface area contributed by atoms with Gasteiger partial charge < -0.3 is 5.32 Å². The zero-order chi connectivity index (χ0) is 16.0. The molecule has 22 heavy (non-hydrogen) atoms. The maximum atomic E-state index is 12.0. The topological polar surface area (TPSA) is 102 Å². The molecule has 0 spiro atoms. The van der Waals surface area contributed by atoms with Crippen LogP contribution in [-0.4, -0.2) is 30.6 Å². The molecule has 1 heterocycles. The Hall–Kier alpha value is -2.48. The third-order valence-electron chi connectivity index (χ3n) is 2.91. The summed E-state index contributed by atoms with van der Waals surface area (Å²) in [7, 11) is -3.22. The molecule has 2 aromatic rings. The second-order valence-corrected chi connectivity index (χ2v) is 6.85. The van der Waals surface area contributed by atoms with E-state index in [0.29, 0.717) is 5.82 Å². The quantitative estimate of drug-likeness (QED) is 0.618. The minimum absolute atomic E-state index is 0.0107. The van der Waals surface area contributed by atoms with Gasteiger partial charge in [-0.15, -0.1) is 0 Å². The number of aromatic nitrogens is 1. The number of nitrogens with zero attached hydrogens (tertiary/aromatic N) is 2. The van der Waals surface area contributed by atoms with Crippen LogP contribution in [0.15, 0.2) is 48.7 Å². The maximum absolute atomic E-state index is 12.0. The van der Waals surface area contributed by atoms with Crippen LogP contribution in [0.5, 0.6) is 0 Å². The number of rotatable bonds is 7. The van der Waals surface area contributed by atoms with Crippen LogP contribution < -0.4 is 5.32 Å². The number of sulfone groups is 1. The fraction of sp³-hybridized carbons (Fsp3) is 0.214. The molecular formula is C14H15N3O4S. The molecule has 0 aliphatic carbocycles. The first-order valence-electron chi connectivity index (χ1n) is 6.55. The van der Waals surface area contributed by atoms with E-state index in [4.69, 9.17) is 0 Å². The first kappa shape index (κ1) is 15.9. The van der Waals surface area contributed by atoms with Gasteiger partial charge in [0.05, 0.1) is 16.4 Å². The number of nitrogens with one attached hydrogen (secondary N) is 1. The molecule has 0 aliphatic rings. The molecule has 1 N–H and O–H groups in total. The lowest BCUT2D eigenvalue weighted by molar-refractivity contribution is -0.385. The van der Waals surface area contributed by atoms with Gasteiger partial charge in [0.15, 0.2) is 9.84 Å². The van der Waals surface area contributed by atoms with Crippen molar-refractivity contribution >= 4 is 21.3 Å². The van der Waals surface area contributed by atoms with Gasteiger partial charge in [0, 0.05) is 12.6 Å². The van der Waals surface area contributed by atoms with Gasteiger partial charge in [-0.25, -0.2) is 13.4 Å². The van der Waals surface area contributed by atoms with E-state index < -0.39 is 14.8 Å². The highest BCUT2D eigenvalue weighted by Crippen LogP contribution is 2.12. The summed E-state index contributed by atoms with van der Waals surface area (Å²) in [4.78, 5) is 13.8. The Morgan fingerprint density at radius 3 is 2.45 bits per heavy atom. The zero-order valence-electron chi connectivity index (χ0n) is 11.7. The zero-order valence-corrected chi connectivity index (χ0v) is 12.5. The Kier molecular flexibility index (Phi) is 5.05. The Morgan fingerprint density at radius 1 is 1.14 bits per heavy atom. The van der Waals surface area contributed by atoms with Crippen LogP contribution in [0.1, 0.15) is 5.56 Å². The molecule has 1 aromatic carbocycles. The van der Waals surface area contributed by atoms with E-state index in [9.17, 15) is 18.5 Å². The van der Waals surface area contributed by atoms with E-state index in [0.717, 1.165) is 11.8 Å². The highest BCUT2D eigenvalue weighted by molar-refractivity contribution is 7.90. The first-order chi connectivity index (χ1) is 10.5. The molecule has 0 radical (unpaired) electrons. The fourth-order valence-corrected chi connectivity index (χ4v) is 3.09. The second-order valence-electron chi connectivity index (χ2n) is 4.66. The lowest BCUT2D eigenvalue weighted by Gasteiger charge is -2.07. The van der Waals surface area contributed by atoms with Gasteiger partial charge in [-0.3, -0.25) is 10.1 Å². The summed E-state index contributed by atoms with van der Waals surface area (Å²) in [5.41, 5.74) is 0.637. The van der Waals surface area contributed by atoms with Crippen molar-refractivity contribution < 1.29 is 13.3 Å². The Bertz CT molecular complexity index is 730. The van der Waals surface area contributed by atoms with Gasteiger partial charge in [0.25, 0.3) is 5.69 Å². The highest BCUT2D eigenvalue weighted by atomic mass is 32.2. The van der Waals surface area contributed by atoms with Gasteiger partial charge in [0.2, 0.25) is 0 Å². The Labute approximate surface area is 128 Å². The van der Waals surface area contributed by atoms with Crippen LogP contribution in [0.4, 0.5) is 11.5 Å². The van der Waals surface area contributed by atoms with Crippen molar-refractivity contribution in [3.63, 3.8) is 0 Å². The average Bonchev–Trinajstić information content (AvgIpc) is 2.48. The van der Waals surface area contributed by atoms with E-state index in [-0.39, 0.29) is 23.7 Å². The van der Waals surface area contributed by atoms with Crippen LogP contribution in [0, 0.1) is 10.1 Å². The molecule has 116 valence electrons. The number of anilines is 1. The predicted molar refractivity (Wildman–Crippen MR) is 83.3 cm³/mol. The molecule has 8 heteroatoms. The number of nitro groups is 1. The number of hydrogen-bond donors (Lipinski definition) is 1. The van der Waals surface area contributed by atoms with Crippen molar-refractivity contribution in [2.45, 2.75) is 5.75 Å². The summed E-state index contributed by atoms with van der Waals surface area (Å²) in [6.07, 6.45) is 1.13. The molecule has 2 rings (SSSR count). The molecule has 0 saturated heterocycles. The molecule has 0 aliphatic heterocycles. The van der Waals surface area contributed by atoms with Crippen LogP contribution >= 0.6 is 0 Å². The fourth-order valence-electron chi connectivity index (χ4n) is 1.83. The van der Waals surface area contributed by atoms with Gasteiger partial charge in [-0.1, -0.05) is 30.3 Å². The third kappa shape index (κ3) is 4.81. The van der Waals surface area contributed by atoms with Crippen molar-refractivity contribution in [1.82, 2.24) is 4.98 Å². The van der Waals surface area contributed by atoms with Crippen LogP contribution in [-0.2, 0) is 15.6 Å². The van der Waals surface area contributed by atoms with E-state index in [2.05, 4.69) is 10.3 Å². The number of benzene rings is 1. The van der Waals surface area contributed by atoms with E-state index in [1.54, 1.807) is 24.3 Å². The average molecular weight is 321 g/mol. The van der Waals surface area contributed by atoms with Crippen molar-refractivity contribution in [3.8, 4) is 0 Å². The lowest BCUT2D eigenvalue weighted by atomic mass is 10.2. The maximum Gasteiger partial charge on any atom is 0.287 e. The largest absolute Gasteiger partial charge is 0.369 e. The standard InChI is InChI=1S/C14H15N3O4S/c18-17(19)13-6-7-14(16-10-13)15-8-9-22(20,21)11-12-4-2-1-3-5-12/h1-7,10H,8-9,11H2,(H,15,16). The summed E-state index contributed by atoms with van der Waals surface area (Å²) in [6.45, 7) is 0.194. The van der Waals surface area contributed by atoms with Crippen molar-refractivity contribution in [3.05, 3.63) is 64.3 Å². The monoisotopic (exact) mass is 321 g/mol.